The molecule has 1 aromatic carbocycles. The number of carbonyl (C=O) groups excluding carboxylic acids is 1. The largest absolute Gasteiger partial charge is 0.347 e. The van der Waals surface area contributed by atoms with Gasteiger partial charge in [-0.15, -0.1) is 10.2 Å². The summed E-state index contributed by atoms with van der Waals surface area (Å²) in [7, 11) is -3.16. The maximum absolute atomic E-state index is 13.5. The summed E-state index contributed by atoms with van der Waals surface area (Å²) < 4.78 is 38.3. The summed E-state index contributed by atoms with van der Waals surface area (Å²) >= 11 is 0. The molecule has 35 heavy (non-hydrogen) atoms. The first kappa shape index (κ1) is 24.9. The molecule has 12 heteroatoms. The maximum Gasteiger partial charge on any atom is 0.270 e. The van der Waals surface area contributed by atoms with Gasteiger partial charge in [-0.05, 0) is 67.1 Å². The van der Waals surface area contributed by atoms with Crippen molar-refractivity contribution in [1.29, 1.82) is 0 Å². The summed E-state index contributed by atoms with van der Waals surface area (Å²) in [6.07, 6.45) is 2.69. The minimum Gasteiger partial charge on any atom is -0.347 e. The molecule has 1 saturated heterocycles. The van der Waals surface area contributed by atoms with Gasteiger partial charge in [0.25, 0.3) is 5.91 Å². The van der Waals surface area contributed by atoms with Gasteiger partial charge >= 0.3 is 0 Å². The van der Waals surface area contributed by atoms with Crippen LogP contribution in [0.1, 0.15) is 40.2 Å². The van der Waals surface area contributed by atoms with Crippen molar-refractivity contribution in [2.45, 2.75) is 39.8 Å². The Morgan fingerprint density at radius 2 is 1.91 bits per heavy atom. The summed E-state index contributed by atoms with van der Waals surface area (Å²) in [4.78, 5) is 18.6. The van der Waals surface area contributed by atoms with Gasteiger partial charge in [0.1, 0.15) is 11.5 Å². The lowest BCUT2D eigenvalue weighted by Gasteiger charge is -2.29. The number of aromatic nitrogens is 5. The summed E-state index contributed by atoms with van der Waals surface area (Å²) in [5.74, 6) is -0.00937. The molecule has 0 unspecified atom stereocenters. The monoisotopic (exact) mass is 501 g/mol. The Hall–Kier alpha value is -3.25. The predicted molar refractivity (Wildman–Crippen MR) is 127 cm³/mol. The van der Waals surface area contributed by atoms with Crippen molar-refractivity contribution in [2.75, 3.05) is 19.3 Å². The molecule has 1 aliphatic rings. The van der Waals surface area contributed by atoms with Gasteiger partial charge in [0.15, 0.2) is 0 Å². The molecular weight excluding hydrogens is 473 g/mol. The zero-order valence-electron chi connectivity index (χ0n) is 19.9. The van der Waals surface area contributed by atoms with Gasteiger partial charge in [0.05, 0.1) is 12.8 Å². The molecule has 2 aromatic heterocycles. The number of benzene rings is 1. The van der Waals surface area contributed by atoms with Crippen LogP contribution in [0.15, 0.2) is 30.3 Å². The quantitative estimate of drug-likeness (QED) is 0.526. The molecule has 0 saturated carbocycles. The van der Waals surface area contributed by atoms with E-state index in [0.29, 0.717) is 42.3 Å². The van der Waals surface area contributed by atoms with Gasteiger partial charge in [-0.3, -0.25) is 4.79 Å². The van der Waals surface area contributed by atoms with Crippen molar-refractivity contribution in [3.8, 4) is 11.4 Å². The third-order valence-corrected chi connectivity index (χ3v) is 7.34. The predicted octanol–water partition coefficient (Wildman–Crippen LogP) is 2.09. The molecule has 4 rings (SSSR count). The van der Waals surface area contributed by atoms with Gasteiger partial charge in [0, 0.05) is 30.9 Å². The van der Waals surface area contributed by atoms with Crippen LogP contribution < -0.4 is 5.32 Å². The van der Waals surface area contributed by atoms with E-state index in [1.54, 1.807) is 38.1 Å². The van der Waals surface area contributed by atoms with E-state index in [4.69, 9.17) is 0 Å². The van der Waals surface area contributed by atoms with E-state index in [1.165, 1.54) is 21.4 Å². The Labute approximate surface area is 203 Å². The number of halogens is 1. The third kappa shape index (κ3) is 6.25. The minimum absolute atomic E-state index is 0.225. The van der Waals surface area contributed by atoms with Gasteiger partial charge in [0.2, 0.25) is 15.8 Å². The highest BCUT2D eigenvalue weighted by Crippen LogP contribution is 2.21. The standard InChI is InChI=1S/C23H28FN7O3S/c1-15-10-18(4-5-20(15)24)13-25-23(32)21-12-19(11-16(2)26-21)22-27-29-31(28-22)14-17-6-8-30(9-7-17)35(3,33)34/h4-5,10-12,17H,6-9,13-14H2,1-3H3,(H,25,32). The van der Waals surface area contributed by atoms with Gasteiger partial charge in [-0.25, -0.2) is 22.1 Å². The van der Waals surface area contributed by atoms with Crippen LogP contribution in [0.5, 0.6) is 0 Å². The van der Waals surface area contributed by atoms with Crippen LogP contribution in [0.3, 0.4) is 0 Å². The van der Waals surface area contributed by atoms with Gasteiger partial charge in [-0.1, -0.05) is 12.1 Å². The highest BCUT2D eigenvalue weighted by atomic mass is 32.2. The molecule has 186 valence electrons. The van der Waals surface area contributed by atoms with Crippen molar-refractivity contribution in [3.63, 3.8) is 0 Å². The molecule has 10 nitrogen and oxygen atoms in total. The average Bonchev–Trinajstić information content (AvgIpc) is 3.27. The third-order valence-electron chi connectivity index (χ3n) is 6.04. The molecule has 3 aromatic rings. The van der Waals surface area contributed by atoms with Crippen LogP contribution >= 0.6 is 0 Å². The Morgan fingerprint density at radius 3 is 2.60 bits per heavy atom. The molecule has 1 aliphatic heterocycles. The number of nitrogens with zero attached hydrogens (tertiary/aromatic N) is 6. The highest BCUT2D eigenvalue weighted by molar-refractivity contribution is 7.88. The fourth-order valence-corrected chi connectivity index (χ4v) is 4.97. The number of piperidine rings is 1. The van der Waals surface area contributed by atoms with Crippen LogP contribution in [0.4, 0.5) is 4.39 Å². The van der Waals surface area contributed by atoms with Crippen molar-refractivity contribution in [1.82, 2.24) is 34.8 Å². The normalized spacial score (nSPS) is 15.3. The molecule has 1 fully saturated rings. The van der Waals surface area contributed by atoms with E-state index >= 15 is 0 Å². The lowest BCUT2D eigenvalue weighted by Crippen LogP contribution is -2.38. The molecule has 0 bridgehead atoms. The number of hydrogen-bond acceptors (Lipinski definition) is 7. The van der Waals surface area contributed by atoms with Crippen molar-refractivity contribution < 1.29 is 17.6 Å². The molecule has 0 atom stereocenters. The smallest absolute Gasteiger partial charge is 0.270 e. The lowest BCUT2D eigenvalue weighted by atomic mass is 9.98. The second-order valence-corrected chi connectivity index (χ2v) is 10.9. The Morgan fingerprint density at radius 1 is 1.17 bits per heavy atom. The molecule has 1 N–H and O–H groups in total. The number of carbonyl (C=O) groups is 1. The SMILES string of the molecule is Cc1cc(-c2nnn(CC3CCN(S(C)(=O)=O)CC3)n2)cc(C(=O)NCc2ccc(F)c(C)c2)n1. The topological polar surface area (TPSA) is 123 Å². The van der Waals surface area contributed by atoms with E-state index in [-0.39, 0.29) is 29.9 Å². The van der Waals surface area contributed by atoms with E-state index in [1.807, 2.05) is 0 Å². The number of tetrazole rings is 1. The molecule has 1 amide bonds. The summed E-state index contributed by atoms with van der Waals surface area (Å²) in [5, 5.41) is 15.6. The fourth-order valence-electron chi connectivity index (χ4n) is 4.09. The second kappa shape index (κ2) is 10.2. The second-order valence-electron chi connectivity index (χ2n) is 8.92. The first-order chi connectivity index (χ1) is 16.6. The van der Waals surface area contributed by atoms with Crippen LogP contribution in [-0.2, 0) is 23.1 Å². The van der Waals surface area contributed by atoms with Gasteiger partial charge < -0.3 is 5.32 Å². The van der Waals surface area contributed by atoms with Gasteiger partial charge in [-0.2, -0.15) is 4.80 Å². The Balaban J connectivity index is 1.40. The lowest BCUT2D eigenvalue weighted by molar-refractivity contribution is 0.0945. The van der Waals surface area contributed by atoms with Crippen LogP contribution in [0, 0.1) is 25.6 Å². The number of pyridine rings is 1. The van der Waals surface area contributed by atoms with E-state index < -0.39 is 10.0 Å². The van der Waals surface area contributed by atoms with Crippen LogP contribution in [0.2, 0.25) is 0 Å². The fraction of sp³-hybridized carbons (Fsp3) is 0.435. The van der Waals surface area contributed by atoms with E-state index in [2.05, 4.69) is 25.7 Å². The van der Waals surface area contributed by atoms with Crippen LogP contribution in [-0.4, -0.2) is 63.2 Å². The number of aryl methyl sites for hydroxylation is 2. The number of sulfonamides is 1. The summed E-state index contributed by atoms with van der Waals surface area (Å²) in [6.45, 7) is 5.23. The minimum atomic E-state index is -3.16. The maximum atomic E-state index is 13.5. The Kier molecular flexibility index (Phi) is 7.22. The first-order valence-corrected chi connectivity index (χ1v) is 13.2. The Bertz CT molecular complexity index is 1330. The summed E-state index contributed by atoms with van der Waals surface area (Å²) in [5.41, 5.74) is 2.79. The molecule has 3 heterocycles. The number of hydrogen-bond donors (Lipinski definition) is 1. The van der Waals surface area contributed by atoms with E-state index in [0.717, 1.165) is 18.4 Å². The number of nitrogens with one attached hydrogen (secondary N) is 1. The zero-order valence-corrected chi connectivity index (χ0v) is 20.7. The van der Waals surface area contributed by atoms with Crippen molar-refractivity contribution >= 4 is 15.9 Å². The molecule has 0 spiro atoms. The first-order valence-electron chi connectivity index (χ1n) is 11.3. The summed E-state index contributed by atoms with van der Waals surface area (Å²) in [6, 6.07) is 8.10. The molecule has 0 aliphatic carbocycles. The highest BCUT2D eigenvalue weighted by Gasteiger charge is 2.25. The molecular formula is C23H28FN7O3S. The zero-order chi connectivity index (χ0) is 25.2. The van der Waals surface area contributed by atoms with Crippen LogP contribution in [0.25, 0.3) is 11.4 Å². The number of rotatable bonds is 7. The number of amides is 1. The molecule has 0 radical (unpaired) electrons. The van der Waals surface area contributed by atoms with Crippen molar-refractivity contribution in [3.05, 3.63) is 58.7 Å². The average molecular weight is 502 g/mol. The van der Waals surface area contributed by atoms with Crippen molar-refractivity contribution in [2.24, 2.45) is 5.92 Å². The van der Waals surface area contributed by atoms with E-state index in [9.17, 15) is 17.6 Å².